The van der Waals surface area contributed by atoms with Crippen molar-refractivity contribution in [3.05, 3.63) is 33.8 Å². The molecule has 1 aliphatic carbocycles. The first-order valence-corrected chi connectivity index (χ1v) is 7.73. The quantitative estimate of drug-likeness (QED) is 0.654. The van der Waals surface area contributed by atoms with E-state index in [2.05, 4.69) is 37.1 Å². The van der Waals surface area contributed by atoms with Gasteiger partial charge in [-0.2, -0.15) is 11.3 Å². The van der Waals surface area contributed by atoms with E-state index < -0.39 is 0 Å². The molecule has 0 radical (unpaired) electrons. The third-order valence-electron chi connectivity index (χ3n) is 3.56. The number of nitrogens with zero attached hydrogens (tertiary/aromatic N) is 3. The summed E-state index contributed by atoms with van der Waals surface area (Å²) in [6.45, 7) is 4.82. The number of thiophene rings is 1. The second-order valence-electron chi connectivity index (χ2n) is 5.20. The van der Waals surface area contributed by atoms with Crippen molar-refractivity contribution in [3.63, 3.8) is 0 Å². The molecule has 2 heterocycles. The molecule has 5 nitrogen and oxygen atoms in total. The fourth-order valence-electron chi connectivity index (χ4n) is 2.38. The van der Waals surface area contributed by atoms with Crippen LogP contribution in [0.3, 0.4) is 0 Å². The lowest BCUT2D eigenvalue weighted by Crippen LogP contribution is -2.28. The van der Waals surface area contributed by atoms with Crippen molar-refractivity contribution in [2.45, 2.75) is 39.3 Å². The van der Waals surface area contributed by atoms with Crippen LogP contribution in [0.5, 0.6) is 0 Å². The van der Waals surface area contributed by atoms with Crippen molar-refractivity contribution in [2.24, 2.45) is 5.84 Å². The van der Waals surface area contributed by atoms with E-state index in [9.17, 15) is 0 Å². The fraction of sp³-hybridized carbons (Fsp3) is 0.429. The van der Waals surface area contributed by atoms with Crippen LogP contribution in [0.4, 0.5) is 11.6 Å². The lowest BCUT2D eigenvalue weighted by atomic mass is 10.2. The monoisotopic (exact) mass is 289 g/mol. The van der Waals surface area contributed by atoms with Crippen molar-refractivity contribution in [1.82, 2.24) is 9.97 Å². The number of aromatic nitrogens is 2. The van der Waals surface area contributed by atoms with E-state index in [4.69, 9.17) is 5.84 Å². The molecule has 0 atom stereocenters. The Kier molecular flexibility index (Phi) is 3.58. The molecule has 0 unspecified atom stereocenters. The maximum absolute atomic E-state index is 5.56. The number of anilines is 2. The molecule has 1 fully saturated rings. The highest BCUT2D eigenvalue weighted by Crippen LogP contribution is 2.35. The van der Waals surface area contributed by atoms with E-state index in [0.717, 1.165) is 23.8 Å². The van der Waals surface area contributed by atoms with Gasteiger partial charge in [0.25, 0.3) is 0 Å². The van der Waals surface area contributed by atoms with E-state index in [0.29, 0.717) is 11.9 Å². The summed E-state index contributed by atoms with van der Waals surface area (Å²) in [4.78, 5) is 11.4. The maximum Gasteiger partial charge on any atom is 0.148 e. The average Bonchev–Trinajstić information content (AvgIpc) is 3.15. The Bertz CT molecular complexity index is 592. The topological polar surface area (TPSA) is 67.1 Å². The number of aryl methyl sites for hydroxylation is 1. The molecule has 20 heavy (non-hydrogen) atoms. The SMILES string of the molecule is Cc1nc(NN)c(C)c(N(Cc2ccsc2)C2CC2)n1. The lowest BCUT2D eigenvalue weighted by Gasteiger charge is -2.26. The van der Waals surface area contributed by atoms with Gasteiger partial charge >= 0.3 is 0 Å². The van der Waals surface area contributed by atoms with Gasteiger partial charge in [-0.25, -0.2) is 15.8 Å². The van der Waals surface area contributed by atoms with Gasteiger partial charge in [-0.15, -0.1) is 0 Å². The summed E-state index contributed by atoms with van der Waals surface area (Å²) in [7, 11) is 0. The number of hydrogen-bond acceptors (Lipinski definition) is 6. The number of nitrogen functional groups attached to an aromatic ring is 1. The van der Waals surface area contributed by atoms with Gasteiger partial charge in [0.05, 0.1) is 0 Å². The van der Waals surface area contributed by atoms with E-state index in [1.54, 1.807) is 11.3 Å². The summed E-state index contributed by atoms with van der Waals surface area (Å²) in [5.74, 6) is 8.01. The molecule has 0 aliphatic heterocycles. The number of nitrogens with two attached hydrogens (primary N) is 1. The second-order valence-corrected chi connectivity index (χ2v) is 5.98. The minimum atomic E-state index is 0.591. The Hall–Kier alpha value is -1.66. The van der Waals surface area contributed by atoms with Gasteiger partial charge in [0, 0.05) is 18.2 Å². The molecule has 1 aliphatic rings. The normalized spacial score (nSPS) is 14.3. The maximum atomic E-state index is 5.56. The van der Waals surface area contributed by atoms with Crippen molar-refractivity contribution in [1.29, 1.82) is 0 Å². The summed E-state index contributed by atoms with van der Waals surface area (Å²) < 4.78 is 0. The molecular weight excluding hydrogens is 270 g/mol. The number of hydrazine groups is 1. The smallest absolute Gasteiger partial charge is 0.148 e. The lowest BCUT2D eigenvalue weighted by molar-refractivity contribution is 0.768. The number of rotatable bonds is 5. The fourth-order valence-corrected chi connectivity index (χ4v) is 3.04. The predicted octanol–water partition coefficient (Wildman–Crippen LogP) is 2.61. The summed E-state index contributed by atoms with van der Waals surface area (Å²) in [5, 5.41) is 4.31. The Morgan fingerprint density at radius 3 is 2.80 bits per heavy atom. The van der Waals surface area contributed by atoms with E-state index >= 15 is 0 Å². The Morgan fingerprint density at radius 2 is 2.20 bits per heavy atom. The molecule has 1 saturated carbocycles. The second kappa shape index (κ2) is 5.38. The Morgan fingerprint density at radius 1 is 1.40 bits per heavy atom. The van der Waals surface area contributed by atoms with Crippen LogP contribution in [0.2, 0.25) is 0 Å². The Labute approximate surface area is 122 Å². The molecule has 0 amide bonds. The highest BCUT2D eigenvalue weighted by Gasteiger charge is 2.31. The minimum Gasteiger partial charge on any atom is -0.349 e. The summed E-state index contributed by atoms with van der Waals surface area (Å²) in [5.41, 5.74) is 5.02. The summed E-state index contributed by atoms with van der Waals surface area (Å²) >= 11 is 1.73. The third kappa shape index (κ3) is 2.62. The van der Waals surface area contributed by atoms with Crippen LogP contribution in [-0.4, -0.2) is 16.0 Å². The highest BCUT2D eigenvalue weighted by molar-refractivity contribution is 7.07. The molecule has 0 aromatic carbocycles. The van der Waals surface area contributed by atoms with Crippen molar-refractivity contribution in [3.8, 4) is 0 Å². The Balaban J connectivity index is 1.97. The standard InChI is InChI=1S/C14H19N5S/c1-9-13(18-15)16-10(2)17-14(9)19(12-3-4-12)7-11-5-6-20-8-11/h5-6,8,12H,3-4,7,15H2,1-2H3,(H,16,17,18). The van der Waals surface area contributed by atoms with Crippen LogP contribution in [0.15, 0.2) is 16.8 Å². The van der Waals surface area contributed by atoms with Gasteiger partial charge in [-0.1, -0.05) is 0 Å². The van der Waals surface area contributed by atoms with E-state index in [1.807, 2.05) is 13.8 Å². The van der Waals surface area contributed by atoms with Crippen LogP contribution in [-0.2, 0) is 6.54 Å². The molecule has 106 valence electrons. The zero-order valence-electron chi connectivity index (χ0n) is 11.8. The van der Waals surface area contributed by atoms with Crippen molar-refractivity contribution < 1.29 is 0 Å². The highest BCUT2D eigenvalue weighted by atomic mass is 32.1. The van der Waals surface area contributed by atoms with Crippen LogP contribution in [0.25, 0.3) is 0 Å². The van der Waals surface area contributed by atoms with Gasteiger partial charge in [0.2, 0.25) is 0 Å². The molecule has 2 aromatic rings. The van der Waals surface area contributed by atoms with Gasteiger partial charge in [-0.3, -0.25) is 0 Å². The van der Waals surface area contributed by atoms with Crippen LogP contribution >= 0.6 is 11.3 Å². The molecule has 0 spiro atoms. The number of nitrogens with one attached hydrogen (secondary N) is 1. The van der Waals surface area contributed by atoms with Crippen molar-refractivity contribution >= 4 is 23.0 Å². The van der Waals surface area contributed by atoms with Crippen molar-refractivity contribution in [2.75, 3.05) is 10.3 Å². The molecule has 3 N–H and O–H groups in total. The van der Waals surface area contributed by atoms with E-state index in [-0.39, 0.29) is 0 Å². The first-order chi connectivity index (χ1) is 9.69. The molecule has 0 bridgehead atoms. The largest absolute Gasteiger partial charge is 0.349 e. The number of hydrogen-bond donors (Lipinski definition) is 2. The zero-order valence-corrected chi connectivity index (χ0v) is 12.6. The van der Waals surface area contributed by atoms with E-state index in [1.165, 1.54) is 18.4 Å². The first-order valence-electron chi connectivity index (χ1n) is 6.78. The zero-order chi connectivity index (χ0) is 14.1. The molecule has 6 heteroatoms. The summed E-state index contributed by atoms with van der Waals surface area (Å²) in [6.07, 6.45) is 2.47. The summed E-state index contributed by atoms with van der Waals surface area (Å²) in [6, 6.07) is 2.76. The minimum absolute atomic E-state index is 0.591. The predicted molar refractivity (Wildman–Crippen MR) is 82.8 cm³/mol. The van der Waals surface area contributed by atoms with Gasteiger partial charge in [0.15, 0.2) is 0 Å². The average molecular weight is 289 g/mol. The van der Waals surface area contributed by atoms with Crippen LogP contribution < -0.4 is 16.2 Å². The van der Waals surface area contributed by atoms with Gasteiger partial charge < -0.3 is 10.3 Å². The first kappa shape index (κ1) is 13.3. The van der Waals surface area contributed by atoms with Gasteiger partial charge in [0.1, 0.15) is 17.5 Å². The molecule has 0 saturated heterocycles. The molecular formula is C14H19N5S. The van der Waals surface area contributed by atoms with Crippen LogP contribution in [0, 0.1) is 13.8 Å². The van der Waals surface area contributed by atoms with Gasteiger partial charge in [-0.05, 0) is 49.1 Å². The molecule has 2 aromatic heterocycles. The molecule has 3 rings (SSSR count). The van der Waals surface area contributed by atoms with Crippen LogP contribution in [0.1, 0.15) is 29.8 Å². The third-order valence-corrected chi connectivity index (χ3v) is 4.29.